The summed E-state index contributed by atoms with van der Waals surface area (Å²) in [4.78, 5) is 12.4. The summed E-state index contributed by atoms with van der Waals surface area (Å²) in [7, 11) is 0. The van der Waals surface area contributed by atoms with Crippen LogP contribution >= 0.6 is 0 Å². The van der Waals surface area contributed by atoms with Crippen molar-refractivity contribution in [3.63, 3.8) is 0 Å². The SMILES string of the molecule is C[C@H]1C[C@H]2O[C@@H]3[C@H](O)[C@@H](O)[C@](C)([C@@]2(CO)[C@H](O)C1=O)[C@]31CO1. The van der Waals surface area contributed by atoms with Crippen LogP contribution in [0.2, 0.25) is 0 Å². The van der Waals surface area contributed by atoms with Gasteiger partial charge in [-0.2, -0.15) is 0 Å². The van der Waals surface area contributed by atoms with Crippen molar-refractivity contribution < 1.29 is 34.7 Å². The minimum Gasteiger partial charge on any atom is -0.396 e. The number of hydrogen-bond donors (Lipinski definition) is 4. The van der Waals surface area contributed by atoms with Crippen molar-refractivity contribution in [3.05, 3.63) is 0 Å². The molecule has 0 radical (unpaired) electrons. The summed E-state index contributed by atoms with van der Waals surface area (Å²) in [5, 5.41) is 41.9. The fourth-order valence-corrected chi connectivity index (χ4v) is 5.40. The van der Waals surface area contributed by atoms with Crippen molar-refractivity contribution >= 4 is 5.78 Å². The zero-order chi connectivity index (χ0) is 16.1. The largest absolute Gasteiger partial charge is 0.396 e. The van der Waals surface area contributed by atoms with Gasteiger partial charge in [0.05, 0.1) is 30.8 Å². The van der Waals surface area contributed by atoms with Crippen LogP contribution in [-0.4, -0.2) is 75.5 Å². The number of carbonyl (C=O) groups excluding carboxylic acids is 1. The zero-order valence-corrected chi connectivity index (χ0v) is 12.6. The lowest BCUT2D eigenvalue weighted by Gasteiger charge is -2.60. The number of ketones is 1. The van der Waals surface area contributed by atoms with E-state index in [1.807, 2.05) is 0 Å². The van der Waals surface area contributed by atoms with Gasteiger partial charge in [0.25, 0.3) is 0 Å². The Morgan fingerprint density at radius 2 is 1.95 bits per heavy atom. The molecule has 7 nitrogen and oxygen atoms in total. The number of fused-ring (bicyclic) bond motifs is 2. The molecule has 1 spiro atoms. The summed E-state index contributed by atoms with van der Waals surface area (Å²) in [6.45, 7) is 3.15. The summed E-state index contributed by atoms with van der Waals surface area (Å²) in [6, 6.07) is 0. The second kappa shape index (κ2) is 4.09. The van der Waals surface area contributed by atoms with Gasteiger partial charge in [-0.1, -0.05) is 13.8 Å². The van der Waals surface area contributed by atoms with E-state index in [0.717, 1.165) is 0 Å². The number of epoxide rings is 1. The minimum atomic E-state index is -1.46. The van der Waals surface area contributed by atoms with Gasteiger partial charge in [-0.3, -0.25) is 4.79 Å². The first-order valence-electron chi connectivity index (χ1n) is 7.76. The van der Waals surface area contributed by atoms with Crippen LogP contribution in [0.4, 0.5) is 0 Å². The molecule has 0 aromatic rings. The number of hydrogen-bond acceptors (Lipinski definition) is 7. The quantitative estimate of drug-likeness (QED) is 0.422. The summed E-state index contributed by atoms with van der Waals surface area (Å²) in [6.07, 6.45) is -4.84. The lowest BCUT2D eigenvalue weighted by atomic mass is 9.48. The lowest BCUT2D eigenvalue weighted by Crippen LogP contribution is -2.73. The van der Waals surface area contributed by atoms with E-state index in [-0.39, 0.29) is 12.4 Å². The van der Waals surface area contributed by atoms with Crippen molar-refractivity contribution in [1.29, 1.82) is 0 Å². The molecule has 0 aromatic carbocycles. The first kappa shape index (κ1) is 15.0. The second-order valence-electron chi connectivity index (χ2n) is 7.50. The van der Waals surface area contributed by atoms with Gasteiger partial charge in [0.15, 0.2) is 5.78 Å². The predicted molar refractivity (Wildman–Crippen MR) is 71.8 cm³/mol. The molecule has 2 saturated heterocycles. The normalized spacial score (nSPS) is 63.1. The van der Waals surface area contributed by atoms with Crippen LogP contribution in [-0.2, 0) is 14.3 Å². The molecule has 2 heterocycles. The summed E-state index contributed by atoms with van der Waals surface area (Å²) in [5.74, 6) is -0.760. The highest BCUT2D eigenvalue weighted by molar-refractivity contribution is 5.87. The molecule has 9 atom stereocenters. The summed E-state index contributed by atoms with van der Waals surface area (Å²) >= 11 is 0. The number of carbonyl (C=O) groups is 1. The van der Waals surface area contributed by atoms with Crippen molar-refractivity contribution in [2.24, 2.45) is 16.7 Å². The van der Waals surface area contributed by atoms with Crippen LogP contribution in [0.3, 0.4) is 0 Å². The van der Waals surface area contributed by atoms with E-state index in [9.17, 15) is 25.2 Å². The lowest BCUT2D eigenvalue weighted by molar-refractivity contribution is -0.276. The van der Waals surface area contributed by atoms with Crippen LogP contribution in [0.15, 0.2) is 0 Å². The number of ether oxygens (including phenoxy) is 2. The third-order valence-corrected chi connectivity index (χ3v) is 6.94. The monoisotopic (exact) mass is 314 g/mol. The maximum absolute atomic E-state index is 12.4. The van der Waals surface area contributed by atoms with Gasteiger partial charge in [0, 0.05) is 11.3 Å². The fraction of sp³-hybridized carbons (Fsp3) is 0.933. The van der Waals surface area contributed by atoms with E-state index in [4.69, 9.17) is 9.47 Å². The highest BCUT2D eigenvalue weighted by Crippen LogP contribution is 2.71. The topological polar surface area (TPSA) is 120 Å². The van der Waals surface area contributed by atoms with Crippen LogP contribution < -0.4 is 0 Å². The van der Waals surface area contributed by atoms with Gasteiger partial charge in [-0.15, -0.1) is 0 Å². The molecule has 2 saturated carbocycles. The minimum absolute atomic E-state index is 0.271. The van der Waals surface area contributed by atoms with Gasteiger partial charge in [0.2, 0.25) is 0 Å². The fourth-order valence-electron chi connectivity index (χ4n) is 5.40. The average Bonchev–Trinajstić information content (AvgIpc) is 3.27. The first-order chi connectivity index (χ1) is 10.3. The Hall–Kier alpha value is -0.570. The first-order valence-corrected chi connectivity index (χ1v) is 7.76. The van der Waals surface area contributed by atoms with Crippen molar-refractivity contribution in [2.75, 3.05) is 13.2 Å². The standard InChI is InChI=1S/C15H22O7/c1-6-3-7-14(4-16,11(20)8(6)17)13(2)10(19)9(18)12(22-7)15(13)5-21-15/h6-7,9-12,16,18-20H,3-5H2,1-2H3/t6-,7+,9+,10+,11+,12+,13+,14+,15-/m0/s1. The molecule has 4 fully saturated rings. The van der Waals surface area contributed by atoms with Crippen molar-refractivity contribution in [1.82, 2.24) is 0 Å². The Kier molecular flexibility index (Phi) is 2.79. The van der Waals surface area contributed by atoms with Crippen molar-refractivity contribution in [2.45, 2.75) is 56.4 Å². The Bertz CT molecular complexity index is 532. The van der Waals surface area contributed by atoms with Gasteiger partial charge in [0.1, 0.15) is 23.9 Å². The molecule has 2 aliphatic heterocycles. The molecule has 4 N–H and O–H groups in total. The van der Waals surface area contributed by atoms with E-state index in [1.165, 1.54) is 0 Å². The number of aliphatic hydroxyl groups excluding tert-OH is 4. The third kappa shape index (κ3) is 1.22. The predicted octanol–water partition coefficient (Wildman–Crippen LogP) is -1.79. The number of aliphatic hydroxyl groups is 4. The van der Waals surface area contributed by atoms with E-state index < -0.39 is 59.5 Å². The Morgan fingerprint density at radius 3 is 2.50 bits per heavy atom. The van der Waals surface area contributed by atoms with E-state index in [2.05, 4.69) is 0 Å². The summed E-state index contributed by atoms with van der Waals surface area (Å²) in [5.41, 5.74) is -3.48. The van der Waals surface area contributed by atoms with E-state index in [1.54, 1.807) is 13.8 Å². The molecule has 124 valence electrons. The molecule has 7 heteroatoms. The van der Waals surface area contributed by atoms with Gasteiger partial charge in [-0.05, 0) is 6.42 Å². The number of rotatable bonds is 1. The van der Waals surface area contributed by atoms with E-state index >= 15 is 0 Å². The molecule has 4 aliphatic rings. The van der Waals surface area contributed by atoms with Gasteiger partial charge < -0.3 is 29.9 Å². The zero-order valence-electron chi connectivity index (χ0n) is 12.6. The molecule has 4 rings (SSSR count). The average molecular weight is 314 g/mol. The maximum atomic E-state index is 12.4. The van der Waals surface area contributed by atoms with Crippen LogP contribution in [0.25, 0.3) is 0 Å². The number of Topliss-reactive ketones (excluding diaryl/α,β-unsaturated/α-hetero) is 1. The molecule has 2 bridgehead atoms. The van der Waals surface area contributed by atoms with Crippen molar-refractivity contribution in [3.8, 4) is 0 Å². The van der Waals surface area contributed by atoms with Gasteiger partial charge >= 0.3 is 0 Å². The molecule has 0 aromatic heterocycles. The maximum Gasteiger partial charge on any atom is 0.164 e. The Morgan fingerprint density at radius 1 is 1.32 bits per heavy atom. The van der Waals surface area contributed by atoms with Gasteiger partial charge in [-0.25, -0.2) is 0 Å². The van der Waals surface area contributed by atoms with E-state index in [0.29, 0.717) is 6.42 Å². The van der Waals surface area contributed by atoms with Crippen LogP contribution in [0.5, 0.6) is 0 Å². The highest BCUT2D eigenvalue weighted by Gasteiger charge is 2.86. The second-order valence-corrected chi connectivity index (χ2v) is 7.50. The highest BCUT2D eigenvalue weighted by atomic mass is 16.6. The summed E-state index contributed by atoms with van der Waals surface area (Å²) < 4.78 is 11.6. The molecular weight excluding hydrogens is 292 g/mol. The molecular formula is C15H22O7. The molecule has 22 heavy (non-hydrogen) atoms. The Labute approximate surface area is 127 Å². The third-order valence-electron chi connectivity index (χ3n) is 6.94. The smallest absolute Gasteiger partial charge is 0.164 e. The molecule has 0 amide bonds. The molecule has 2 aliphatic carbocycles. The molecule has 0 unspecified atom stereocenters. The van der Waals surface area contributed by atoms with Crippen LogP contribution in [0, 0.1) is 16.7 Å². The Balaban J connectivity index is 1.93. The van der Waals surface area contributed by atoms with Crippen LogP contribution in [0.1, 0.15) is 20.3 Å².